The van der Waals surface area contributed by atoms with Crippen LogP contribution in [0.5, 0.6) is 0 Å². The first-order chi connectivity index (χ1) is 13.2. The lowest BCUT2D eigenvalue weighted by molar-refractivity contribution is -0.131. The first kappa shape index (κ1) is 21.3. The van der Waals surface area contributed by atoms with Gasteiger partial charge in [0, 0.05) is 43.6 Å². The molecule has 154 valence electrons. The highest BCUT2D eigenvalue weighted by molar-refractivity contribution is 8.05. The van der Waals surface area contributed by atoms with Gasteiger partial charge in [0.1, 0.15) is 15.6 Å². The molecule has 11 heteroatoms. The summed E-state index contributed by atoms with van der Waals surface area (Å²) in [6.45, 7) is 4.64. The Morgan fingerprint density at radius 3 is 2.68 bits per heavy atom. The Kier molecular flexibility index (Phi) is 6.21. The number of piperidine rings is 1. The van der Waals surface area contributed by atoms with Crippen LogP contribution in [-0.4, -0.2) is 62.7 Å². The second kappa shape index (κ2) is 8.16. The number of aliphatic carboxylic acids is 1. The standard InChI is InChI=1S/C17H22Cl2N4O4S/c1-8-12(18)13(19)14(21-8)15(25)22-10-3-4-23(6-9(10)7-24)17(2)20-5-11(28-17)16(26)27/h5,9-10,20-21,24H,3-4,6-7H2,1-2H3,(H,22,25)(H,26,27). The predicted molar refractivity (Wildman–Crippen MR) is 108 cm³/mol. The van der Waals surface area contributed by atoms with Crippen LogP contribution in [0.25, 0.3) is 0 Å². The zero-order valence-electron chi connectivity index (χ0n) is 15.4. The van der Waals surface area contributed by atoms with Crippen LogP contribution >= 0.6 is 35.0 Å². The SMILES string of the molecule is Cc1[nH]c(C(=O)NC2CCN(C3(C)NC=C(C(=O)O)S3)CC2CO)c(Cl)c1Cl. The minimum atomic E-state index is -0.973. The summed E-state index contributed by atoms with van der Waals surface area (Å²) in [6, 6.07) is -0.242. The number of hydrogen-bond donors (Lipinski definition) is 5. The van der Waals surface area contributed by atoms with Crippen LogP contribution in [0.4, 0.5) is 0 Å². The van der Waals surface area contributed by atoms with Gasteiger partial charge in [-0.15, -0.1) is 0 Å². The second-order valence-corrected chi connectivity index (χ2v) is 9.25. The lowest BCUT2D eigenvalue weighted by Crippen LogP contribution is -2.60. The van der Waals surface area contributed by atoms with Crippen molar-refractivity contribution in [3.63, 3.8) is 0 Å². The van der Waals surface area contributed by atoms with E-state index in [4.69, 9.17) is 23.2 Å². The third-order valence-electron chi connectivity index (χ3n) is 5.16. The monoisotopic (exact) mass is 448 g/mol. The minimum Gasteiger partial charge on any atom is -0.477 e. The number of carbonyl (C=O) groups is 2. The smallest absolute Gasteiger partial charge is 0.343 e. The number of amides is 1. The molecule has 3 rings (SSSR count). The lowest BCUT2D eigenvalue weighted by atomic mass is 9.92. The minimum absolute atomic E-state index is 0.111. The van der Waals surface area contributed by atoms with Gasteiger partial charge in [-0.2, -0.15) is 0 Å². The van der Waals surface area contributed by atoms with E-state index in [0.29, 0.717) is 30.2 Å². The predicted octanol–water partition coefficient (Wildman–Crippen LogP) is 1.98. The molecule has 0 spiro atoms. The van der Waals surface area contributed by atoms with E-state index in [2.05, 4.69) is 20.5 Å². The van der Waals surface area contributed by atoms with Crippen LogP contribution < -0.4 is 10.6 Å². The molecule has 3 unspecified atom stereocenters. The summed E-state index contributed by atoms with van der Waals surface area (Å²) in [7, 11) is 0. The van der Waals surface area contributed by atoms with E-state index in [-0.39, 0.29) is 40.1 Å². The normalized spacial score (nSPS) is 28.0. The van der Waals surface area contributed by atoms with E-state index >= 15 is 0 Å². The average Bonchev–Trinajstić information content (AvgIpc) is 3.19. The topological polar surface area (TPSA) is 118 Å². The van der Waals surface area contributed by atoms with Crippen molar-refractivity contribution in [3.8, 4) is 0 Å². The number of thioether (sulfide) groups is 1. The Balaban J connectivity index is 1.66. The Labute approximate surface area is 176 Å². The largest absolute Gasteiger partial charge is 0.477 e. The van der Waals surface area contributed by atoms with Crippen molar-refractivity contribution >= 4 is 46.8 Å². The Morgan fingerprint density at radius 1 is 1.43 bits per heavy atom. The Morgan fingerprint density at radius 2 is 2.14 bits per heavy atom. The fourth-order valence-corrected chi connectivity index (χ4v) is 4.96. The molecular formula is C17H22Cl2N4O4S. The van der Waals surface area contributed by atoms with Crippen LogP contribution in [0.2, 0.25) is 10.0 Å². The highest BCUT2D eigenvalue weighted by Gasteiger charge is 2.43. The summed E-state index contributed by atoms with van der Waals surface area (Å²) in [5, 5.41) is 25.6. The van der Waals surface area contributed by atoms with Gasteiger partial charge in [0.25, 0.3) is 5.91 Å². The molecule has 1 fully saturated rings. The number of aromatic nitrogens is 1. The van der Waals surface area contributed by atoms with Crippen molar-refractivity contribution in [1.82, 2.24) is 20.5 Å². The number of nitrogens with zero attached hydrogens (tertiary/aromatic N) is 1. The van der Waals surface area contributed by atoms with Gasteiger partial charge in [-0.25, -0.2) is 4.79 Å². The molecule has 5 N–H and O–H groups in total. The van der Waals surface area contributed by atoms with Crippen LogP contribution in [0, 0.1) is 12.8 Å². The molecule has 3 atom stereocenters. The van der Waals surface area contributed by atoms with Crippen molar-refractivity contribution in [2.75, 3.05) is 19.7 Å². The number of aliphatic hydroxyl groups excluding tert-OH is 1. The summed E-state index contributed by atoms with van der Waals surface area (Å²) < 4.78 is 0. The van der Waals surface area contributed by atoms with E-state index in [9.17, 15) is 19.8 Å². The lowest BCUT2D eigenvalue weighted by Gasteiger charge is -2.45. The van der Waals surface area contributed by atoms with Gasteiger partial charge in [0.2, 0.25) is 0 Å². The highest BCUT2D eigenvalue weighted by Crippen LogP contribution is 2.39. The van der Waals surface area contributed by atoms with Crippen molar-refractivity contribution in [1.29, 1.82) is 0 Å². The average molecular weight is 449 g/mol. The molecule has 0 radical (unpaired) electrons. The molecule has 2 aliphatic heterocycles. The maximum atomic E-state index is 12.6. The molecule has 0 saturated carbocycles. The maximum absolute atomic E-state index is 12.6. The van der Waals surface area contributed by atoms with Gasteiger partial charge < -0.3 is 25.8 Å². The summed E-state index contributed by atoms with van der Waals surface area (Å²) in [6.07, 6.45) is 2.09. The van der Waals surface area contributed by atoms with Crippen LogP contribution in [-0.2, 0) is 4.79 Å². The Hall–Kier alpha value is -1.39. The molecule has 2 aliphatic rings. The van der Waals surface area contributed by atoms with Gasteiger partial charge in [-0.1, -0.05) is 35.0 Å². The van der Waals surface area contributed by atoms with Gasteiger partial charge >= 0.3 is 5.97 Å². The molecule has 1 amide bonds. The zero-order valence-corrected chi connectivity index (χ0v) is 17.7. The number of rotatable bonds is 5. The third-order valence-corrected chi connectivity index (χ3v) is 7.39. The van der Waals surface area contributed by atoms with E-state index in [0.717, 1.165) is 0 Å². The number of aliphatic hydroxyl groups is 1. The maximum Gasteiger partial charge on any atom is 0.343 e. The quantitative estimate of drug-likeness (QED) is 0.467. The van der Waals surface area contributed by atoms with Gasteiger partial charge in [-0.3, -0.25) is 9.69 Å². The number of hydrogen-bond acceptors (Lipinski definition) is 6. The fourth-order valence-electron chi connectivity index (χ4n) is 3.50. The molecule has 8 nitrogen and oxygen atoms in total. The molecule has 0 bridgehead atoms. The molecule has 1 saturated heterocycles. The number of nitrogens with one attached hydrogen (secondary N) is 3. The first-order valence-electron chi connectivity index (χ1n) is 8.76. The number of aryl methyl sites for hydroxylation is 1. The number of aromatic amines is 1. The molecule has 0 aromatic carbocycles. The van der Waals surface area contributed by atoms with Gasteiger partial charge in [0.05, 0.1) is 10.0 Å². The molecule has 1 aromatic heterocycles. The van der Waals surface area contributed by atoms with Crippen molar-refractivity contribution < 1.29 is 19.8 Å². The zero-order chi connectivity index (χ0) is 20.6. The number of halogens is 2. The van der Waals surface area contributed by atoms with Crippen LogP contribution in [0.15, 0.2) is 11.1 Å². The number of carboxylic acids is 1. The van der Waals surface area contributed by atoms with E-state index in [1.54, 1.807) is 6.92 Å². The summed E-state index contributed by atoms with van der Waals surface area (Å²) in [5.74, 6) is -1.55. The molecule has 1 aromatic rings. The van der Waals surface area contributed by atoms with Crippen molar-refractivity contribution in [3.05, 3.63) is 32.5 Å². The van der Waals surface area contributed by atoms with E-state index in [1.807, 2.05) is 6.92 Å². The first-order valence-corrected chi connectivity index (χ1v) is 10.3. The van der Waals surface area contributed by atoms with Crippen molar-refractivity contribution in [2.45, 2.75) is 31.3 Å². The summed E-state index contributed by atoms with van der Waals surface area (Å²) in [4.78, 5) is 28.4. The highest BCUT2D eigenvalue weighted by atomic mass is 35.5. The molecule has 0 aliphatic carbocycles. The van der Waals surface area contributed by atoms with Gasteiger partial charge in [-0.05, 0) is 20.3 Å². The summed E-state index contributed by atoms with van der Waals surface area (Å²) in [5.41, 5.74) is 0.822. The third kappa shape index (κ3) is 3.99. The second-order valence-electron chi connectivity index (χ2n) is 7.05. The number of carboxylic acid groups (broad SMARTS) is 1. The molecule has 3 heterocycles. The van der Waals surface area contributed by atoms with Crippen LogP contribution in [0.1, 0.15) is 29.5 Å². The van der Waals surface area contributed by atoms with E-state index in [1.165, 1.54) is 18.0 Å². The van der Waals surface area contributed by atoms with E-state index < -0.39 is 11.0 Å². The number of carbonyl (C=O) groups excluding carboxylic acids is 1. The van der Waals surface area contributed by atoms with Crippen molar-refractivity contribution in [2.24, 2.45) is 5.92 Å². The number of H-pyrrole nitrogens is 1. The molecule has 28 heavy (non-hydrogen) atoms. The van der Waals surface area contributed by atoms with Crippen LogP contribution in [0.3, 0.4) is 0 Å². The van der Waals surface area contributed by atoms with Gasteiger partial charge in [0.15, 0.2) is 0 Å². The fraction of sp³-hybridized carbons (Fsp3) is 0.529. The Bertz CT molecular complexity index is 830. The molecular weight excluding hydrogens is 427 g/mol. The summed E-state index contributed by atoms with van der Waals surface area (Å²) >= 11 is 13.4. The number of likely N-dealkylation sites (tertiary alicyclic amines) is 1.